The molecule has 2 aromatic carbocycles. The molecule has 0 atom stereocenters. The fraction of sp³-hybridized carbons (Fsp3) is 0.0769. The lowest BCUT2D eigenvalue weighted by atomic mass is 10.2. The van der Waals surface area contributed by atoms with Crippen LogP contribution in [0.25, 0.3) is 0 Å². The van der Waals surface area contributed by atoms with Crippen LogP contribution in [0.1, 0.15) is 5.56 Å². The maximum Gasteiger partial charge on any atom is 0.184 e. The number of benzene rings is 2. The Morgan fingerprint density at radius 1 is 1.16 bits per heavy atom. The third-order valence-electron chi connectivity index (χ3n) is 2.61. The molecule has 0 radical (unpaired) electrons. The molecule has 3 nitrogen and oxygen atoms in total. The Labute approximate surface area is 115 Å². The molecule has 2 aromatic rings. The van der Waals surface area contributed by atoms with Gasteiger partial charge in [-0.3, -0.25) is 0 Å². The highest BCUT2D eigenvalue weighted by molar-refractivity contribution is 7.90. The molecule has 0 aliphatic carbocycles. The predicted octanol–water partition coefficient (Wildman–Crippen LogP) is 3.04. The third-order valence-corrected chi connectivity index (χ3v) is 4.58. The fourth-order valence-electron chi connectivity index (χ4n) is 1.70. The molecule has 0 bridgehead atoms. The summed E-state index contributed by atoms with van der Waals surface area (Å²) in [6.45, 7) is 0. The lowest BCUT2D eigenvalue weighted by Gasteiger charge is -2.08. The lowest BCUT2D eigenvalue weighted by Crippen LogP contribution is -2.09. The molecule has 0 fully saturated rings. The number of anilines is 1. The minimum Gasteiger partial charge on any atom is -0.398 e. The molecule has 0 saturated carbocycles. The molecule has 0 saturated heterocycles. The molecule has 0 amide bonds. The van der Waals surface area contributed by atoms with E-state index in [1.54, 1.807) is 6.07 Å². The first-order valence-electron chi connectivity index (χ1n) is 5.41. The summed E-state index contributed by atoms with van der Waals surface area (Å²) < 4.78 is 37.9. The first-order chi connectivity index (χ1) is 8.90. The Hall–Kier alpha value is -1.59. The van der Waals surface area contributed by atoms with E-state index < -0.39 is 21.4 Å². The number of nitrogen functional groups attached to an aromatic ring is 1. The molecule has 100 valence electrons. The molecule has 0 heterocycles. The van der Waals surface area contributed by atoms with Crippen molar-refractivity contribution in [1.82, 2.24) is 0 Å². The van der Waals surface area contributed by atoms with Crippen molar-refractivity contribution in [3.05, 3.63) is 58.9 Å². The lowest BCUT2D eigenvalue weighted by molar-refractivity contribution is 0.587. The molecule has 2 N–H and O–H groups in total. The molecule has 0 aliphatic heterocycles. The maximum absolute atomic E-state index is 13.5. The number of rotatable bonds is 3. The summed E-state index contributed by atoms with van der Waals surface area (Å²) in [5.74, 6) is -0.996. The van der Waals surface area contributed by atoms with E-state index in [0.29, 0.717) is 5.02 Å². The van der Waals surface area contributed by atoms with E-state index in [2.05, 4.69) is 0 Å². The van der Waals surface area contributed by atoms with E-state index in [-0.39, 0.29) is 16.1 Å². The van der Waals surface area contributed by atoms with Gasteiger partial charge in [0.1, 0.15) is 5.82 Å². The molecular weight excluding hydrogens is 289 g/mol. The quantitative estimate of drug-likeness (QED) is 0.886. The average Bonchev–Trinajstić information content (AvgIpc) is 2.31. The van der Waals surface area contributed by atoms with Crippen LogP contribution in [-0.4, -0.2) is 8.42 Å². The highest BCUT2D eigenvalue weighted by Crippen LogP contribution is 2.26. The van der Waals surface area contributed by atoms with Gasteiger partial charge in [0.25, 0.3) is 0 Å². The van der Waals surface area contributed by atoms with Crippen molar-refractivity contribution in [1.29, 1.82) is 0 Å². The normalized spacial score (nSPS) is 11.5. The van der Waals surface area contributed by atoms with Gasteiger partial charge in [-0.15, -0.1) is 0 Å². The Bertz CT molecular complexity index is 716. The summed E-state index contributed by atoms with van der Waals surface area (Å²) in [5, 5.41) is 0.349. The highest BCUT2D eigenvalue weighted by atomic mass is 35.5. The monoisotopic (exact) mass is 299 g/mol. The Balaban J connectivity index is 2.41. The van der Waals surface area contributed by atoms with Crippen molar-refractivity contribution < 1.29 is 12.8 Å². The first-order valence-corrected chi connectivity index (χ1v) is 7.44. The van der Waals surface area contributed by atoms with E-state index in [1.165, 1.54) is 36.4 Å². The average molecular weight is 300 g/mol. The van der Waals surface area contributed by atoms with E-state index >= 15 is 0 Å². The Morgan fingerprint density at radius 2 is 1.84 bits per heavy atom. The van der Waals surface area contributed by atoms with Gasteiger partial charge >= 0.3 is 0 Å². The Morgan fingerprint density at radius 3 is 2.47 bits per heavy atom. The highest BCUT2D eigenvalue weighted by Gasteiger charge is 2.20. The van der Waals surface area contributed by atoms with Gasteiger partial charge in [0.05, 0.1) is 16.3 Å². The van der Waals surface area contributed by atoms with Crippen LogP contribution >= 0.6 is 11.6 Å². The molecule has 0 aromatic heterocycles. The van der Waals surface area contributed by atoms with E-state index in [1.807, 2.05) is 0 Å². The van der Waals surface area contributed by atoms with Crippen LogP contribution in [0, 0.1) is 5.82 Å². The van der Waals surface area contributed by atoms with Crippen molar-refractivity contribution in [3.63, 3.8) is 0 Å². The van der Waals surface area contributed by atoms with Crippen molar-refractivity contribution in [2.75, 3.05) is 5.73 Å². The molecule has 6 heteroatoms. The number of sulfone groups is 1. The largest absolute Gasteiger partial charge is 0.398 e. The zero-order valence-electron chi connectivity index (χ0n) is 9.81. The van der Waals surface area contributed by atoms with Crippen LogP contribution < -0.4 is 5.73 Å². The topological polar surface area (TPSA) is 60.2 Å². The number of hydrogen-bond acceptors (Lipinski definition) is 3. The number of halogens is 2. The van der Waals surface area contributed by atoms with Crippen LogP contribution in [0.5, 0.6) is 0 Å². The molecule has 19 heavy (non-hydrogen) atoms. The molecule has 0 spiro atoms. The second-order valence-electron chi connectivity index (χ2n) is 4.03. The summed E-state index contributed by atoms with van der Waals surface area (Å²) >= 11 is 5.72. The summed E-state index contributed by atoms with van der Waals surface area (Å²) in [7, 11) is -3.71. The maximum atomic E-state index is 13.5. The molecule has 0 unspecified atom stereocenters. The van der Waals surface area contributed by atoms with Crippen molar-refractivity contribution in [2.24, 2.45) is 0 Å². The predicted molar refractivity (Wildman–Crippen MR) is 73.2 cm³/mol. The van der Waals surface area contributed by atoms with E-state index in [4.69, 9.17) is 17.3 Å². The SMILES string of the molecule is Nc1cc(Cl)ccc1S(=O)(=O)Cc1ccccc1F. The summed E-state index contributed by atoms with van der Waals surface area (Å²) in [5.41, 5.74) is 5.81. The fourth-order valence-corrected chi connectivity index (χ4v) is 3.37. The van der Waals surface area contributed by atoms with E-state index in [9.17, 15) is 12.8 Å². The second-order valence-corrected chi connectivity index (χ2v) is 6.43. The summed E-state index contributed by atoms with van der Waals surface area (Å²) in [6.07, 6.45) is 0. The standard InChI is InChI=1S/C13H11ClFNO2S/c14-10-5-6-13(12(16)7-10)19(17,18)8-9-3-1-2-4-11(9)15/h1-7H,8,16H2. The Kier molecular flexibility index (Phi) is 3.78. The minimum absolute atomic E-state index is 0.0415. The van der Waals surface area contributed by atoms with Crippen molar-refractivity contribution in [3.8, 4) is 0 Å². The van der Waals surface area contributed by atoms with Crippen LogP contribution in [0.3, 0.4) is 0 Å². The zero-order chi connectivity index (χ0) is 14.0. The van der Waals surface area contributed by atoms with Crippen molar-refractivity contribution in [2.45, 2.75) is 10.6 Å². The van der Waals surface area contributed by atoms with Gasteiger partial charge < -0.3 is 5.73 Å². The van der Waals surface area contributed by atoms with Gasteiger partial charge in [-0.25, -0.2) is 12.8 Å². The van der Waals surface area contributed by atoms with Crippen LogP contribution in [0.15, 0.2) is 47.4 Å². The zero-order valence-corrected chi connectivity index (χ0v) is 11.4. The van der Waals surface area contributed by atoms with Crippen LogP contribution in [-0.2, 0) is 15.6 Å². The number of hydrogen-bond donors (Lipinski definition) is 1. The van der Waals surface area contributed by atoms with Gasteiger partial charge in [-0.1, -0.05) is 29.8 Å². The molecule has 2 rings (SSSR count). The van der Waals surface area contributed by atoms with Gasteiger partial charge in [-0.05, 0) is 24.3 Å². The third kappa shape index (κ3) is 3.05. The molecule has 0 aliphatic rings. The van der Waals surface area contributed by atoms with Gasteiger partial charge in [-0.2, -0.15) is 0 Å². The minimum atomic E-state index is -3.71. The smallest absolute Gasteiger partial charge is 0.184 e. The van der Waals surface area contributed by atoms with E-state index in [0.717, 1.165) is 0 Å². The van der Waals surface area contributed by atoms with Gasteiger partial charge in [0.2, 0.25) is 0 Å². The molecular formula is C13H11ClFNO2S. The van der Waals surface area contributed by atoms with Crippen molar-refractivity contribution >= 4 is 27.1 Å². The second kappa shape index (κ2) is 5.19. The summed E-state index contributed by atoms with van der Waals surface area (Å²) in [4.78, 5) is -0.0415. The first kappa shape index (κ1) is 13.8. The van der Waals surface area contributed by atoms with Gasteiger partial charge in [0, 0.05) is 10.6 Å². The summed E-state index contributed by atoms with van der Waals surface area (Å²) in [6, 6.07) is 9.85. The van der Waals surface area contributed by atoms with Crippen LogP contribution in [0.2, 0.25) is 5.02 Å². The van der Waals surface area contributed by atoms with Crippen LogP contribution in [0.4, 0.5) is 10.1 Å². The van der Waals surface area contributed by atoms with Gasteiger partial charge in [0.15, 0.2) is 9.84 Å². The number of nitrogens with two attached hydrogens (primary N) is 1.